The van der Waals surface area contributed by atoms with Crippen molar-refractivity contribution in [3.05, 3.63) is 47.3 Å². The second kappa shape index (κ2) is 7.95. The van der Waals surface area contributed by atoms with Gasteiger partial charge in [0.2, 0.25) is 0 Å². The Hall–Kier alpha value is -2.65. The molecule has 130 valence electrons. The number of methoxy groups -OCH3 is 1. The minimum atomic E-state index is 0.413. The fraction of sp³-hybridized carbons (Fsp3) is 0.421. The Labute approximate surface area is 148 Å². The molecular formula is C19H23N5O. The predicted molar refractivity (Wildman–Crippen MR) is 96.6 cm³/mol. The zero-order valence-corrected chi connectivity index (χ0v) is 14.8. The lowest BCUT2D eigenvalue weighted by Crippen LogP contribution is -2.31. The van der Waals surface area contributed by atoms with Crippen LogP contribution in [0.1, 0.15) is 23.2 Å². The summed E-state index contributed by atoms with van der Waals surface area (Å²) in [5.74, 6) is 0. The summed E-state index contributed by atoms with van der Waals surface area (Å²) in [6.07, 6.45) is 2.92. The highest BCUT2D eigenvalue weighted by molar-refractivity contribution is 5.59. The largest absolute Gasteiger partial charge is 0.467 e. The Morgan fingerprint density at radius 1 is 1.20 bits per heavy atom. The molecule has 0 saturated carbocycles. The molecule has 0 N–H and O–H groups in total. The molecule has 25 heavy (non-hydrogen) atoms. The van der Waals surface area contributed by atoms with E-state index in [0.29, 0.717) is 6.01 Å². The Kier molecular flexibility index (Phi) is 5.46. The summed E-state index contributed by atoms with van der Waals surface area (Å²) in [4.78, 5) is 13.3. The van der Waals surface area contributed by atoms with Crippen molar-refractivity contribution in [2.24, 2.45) is 0 Å². The third-order valence-corrected chi connectivity index (χ3v) is 4.59. The van der Waals surface area contributed by atoms with Crippen molar-refractivity contribution in [3.8, 4) is 12.1 Å². The highest BCUT2D eigenvalue weighted by Gasteiger charge is 2.18. The first kappa shape index (κ1) is 17.2. The van der Waals surface area contributed by atoms with Crippen molar-refractivity contribution in [3.63, 3.8) is 0 Å². The van der Waals surface area contributed by atoms with Crippen molar-refractivity contribution in [2.75, 3.05) is 38.2 Å². The van der Waals surface area contributed by atoms with Gasteiger partial charge >= 0.3 is 6.01 Å². The van der Waals surface area contributed by atoms with E-state index in [-0.39, 0.29) is 0 Å². The number of benzene rings is 1. The molecule has 1 aliphatic rings. The lowest BCUT2D eigenvalue weighted by atomic mass is 10.1. The van der Waals surface area contributed by atoms with E-state index >= 15 is 0 Å². The fourth-order valence-electron chi connectivity index (χ4n) is 3.18. The van der Waals surface area contributed by atoms with Gasteiger partial charge in [-0.1, -0.05) is 12.1 Å². The van der Waals surface area contributed by atoms with Crippen LogP contribution in [0.3, 0.4) is 0 Å². The average molecular weight is 337 g/mol. The van der Waals surface area contributed by atoms with Crippen LogP contribution in [-0.4, -0.2) is 48.2 Å². The van der Waals surface area contributed by atoms with Gasteiger partial charge in [-0.05, 0) is 25.5 Å². The van der Waals surface area contributed by atoms with Gasteiger partial charge in [-0.15, -0.1) is 0 Å². The van der Waals surface area contributed by atoms with Gasteiger partial charge in [-0.3, -0.25) is 4.90 Å². The third-order valence-electron chi connectivity index (χ3n) is 4.59. The minimum absolute atomic E-state index is 0.413. The smallest absolute Gasteiger partial charge is 0.316 e. The molecule has 1 saturated heterocycles. The monoisotopic (exact) mass is 337 g/mol. The van der Waals surface area contributed by atoms with E-state index < -0.39 is 0 Å². The van der Waals surface area contributed by atoms with Gasteiger partial charge in [0.25, 0.3) is 0 Å². The third kappa shape index (κ3) is 4.06. The number of aryl methyl sites for hydroxylation is 1. The fourth-order valence-corrected chi connectivity index (χ4v) is 3.18. The van der Waals surface area contributed by atoms with Gasteiger partial charge in [0, 0.05) is 50.2 Å². The summed E-state index contributed by atoms with van der Waals surface area (Å²) in [7, 11) is 1.58. The Morgan fingerprint density at radius 2 is 2.04 bits per heavy atom. The van der Waals surface area contributed by atoms with Gasteiger partial charge in [0.15, 0.2) is 0 Å². The minimum Gasteiger partial charge on any atom is -0.467 e. The van der Waals surface area contributed by atoms with Crippen LogP contribution in [0, 0.1) is 18.3 Å². The number of anilines is 1. The van der Waals surface area contributed by atoms with E-state index in [0.717, 1.165) is 61.7 Å². The molecule has 3 rings (SSSR count). The summed E-state index contributed by atoms with van der Waals surface area (Å²) in [5, 5.41) is 9.33. The van der Waals surface area contributed by atoms with Crippen LogP contribution in [0.15, 0.2) is 30.5 Å². The Balaban J connectivity index is 1.67. The van der Waals surface area contributed by atoms with E-state index in [9.17, 15) is 5.26 Å². The Bertz CT molecular complexity index is 771. The highest BCUT2D eigenvalue weighted by atomic mass is 16.5. The number of aromatic nitrogens is 2. The number of para-hydroxylation sites is 1. The number of ether oxygens (including phenoxy) is 1. The zero-order chi connectivity index (χ0) is 17.6. The Morgan fingerprint density at radius 3 is 2.80 bits per heavy atom. The second-order valence-electron chi connectivity index (χ2n) is 6.21. The topological polar surface area (TPSA) is 65.3 Å². The molecule has 1 fully saturated rings. The second-order valence-corrected chi connectivity index (χ2v) is 6.21. The standard InChI is InChI=1S/C19H23N5O/c1-15-17(13-21-19(22-15)25-2)14-23-8-5-9-24(11-10-23)18-7-4-3-6-16(18)12-20/h3-4,6-7,13H,5,8-11,14H2,1-2H3. The van der Waals surface area contributed by atoms with Crippen LogP contribution in [0.2, 0.25) is 0 Å². The molecule has 6 heteroatoms. The maximum absolute atomic E-state index is 9.33. The van der Waals surface area contributed by atoms with E-state index in [2.05, 4.69) is 25.8 Å². The molecule has 6 nitrogen and oxygen atoms in total. The van der Waals surface area contributed by atoms with E-state index in [1.165, 1.54) is 0 Å². The predicted octanol–water partition coefficient (Wildman–Crippen LogP) is 2.38. The molecule has 1 aromatic heterocycles. The first-order valence-corrected chi connectivity index (χ1v) is 8.54. The average Bonchev–Trinajstić information content (AvgIpc) is 2.89. The molecule has 0 atom stereocenters. The molecule has 0 unspecified atom stereocenters. The quantitative estimate of drug-likeness (QED) is 0.853. The molecule has 0 radical (unpaired) electrons. The van der Waals surface area contributed by atoms with Crippen molar-refractivity contribution in [2.45, 2.75) is 19.9 Å². The van der Waals surface area contributed by atoms with Gasteiger partial charge in [-0.2, -0.15) is 5.26 Å². The first-order valence-electron chi connectivity index (χ1n) is 8.54. The molecule has 0 aliphatic carbocycles. The van der Waals surface area contributed by atoms with Crippen LogP contribution < -0.4 is 9.64 Å². The SMILES string of the molecule is COc1ncc(CN2CCCN(c3ccccc3C#N)CC2)c(C)n1. The zero-order valence-electron chi connectivity index (χ0n) is 14.8. The summed E-state index contributed by atoms with van der Waals surface area (Å²) >= 11 is 0. The molecule has 1 aromatic carbocycles. The molecule has 0 amide bonds. The van der Waals surface area contributed by atoms with Crippen LogP contribution in [0.5, 0.6) is 6.01 Å². The van der Waals surface area contributed by atoms with Gasteiger partial charge in [0.1, 0.15) is 6.07 Å². The lowest BCUT2D eigenvalue weighted by Gasteiger charge is -2.24. The molecule has 2 aromatic rings. The number of nitrogens with zero attached hydrogens (tertiary/aromatic N) is 5. The maximum atomic E-state index is 9.33. The first-order chi connectivity index (χ1) is 12.2. The molecule has 2 heterocycles. The lowest BCUT2D eigenvalue weighted by molar-refractivity contribution is 0.283. The molecule has 0 spiro atoms. The van der Waals surface area contributed by atoms with Crippen LogP contribution in [0.4, 0.5) is 5.69 Å². The summed E-state index contributed by atoms with van der Waals surface area (Å²) in [6.45, 7) is 6.68. The van der Waals surface area contributed by atoms with Crippen LogP contribution in [-0.2, 0) is 6.54 Å². The van der Waals surface area contributed by atoms with Crippen LogP contribution >= 0.6 is 0 Å². The highest BCUT2D eigenvalue weighted by Crippen LogP contribution is 2.22. The number of hydrogen-bond acceptors (Lipinski definition) is 6. The number of hydrogen-bond donors (Lipinski definition) is 0. The van der Waals surface area contributed by atoms with Crippen LogP contribution in [0.25, 0.3) is 0 Å². The normalized spacial score (nSPS) is 15.5. The van der Waals surface area contributed by atoms with Crippen molar-refractivity contribution >= 4 is 5.69 Å². The van der Waals surface area contributed by atoms with Crippen molar-refractivity contribution in [1.29, 1.82) is 5.26 Å². The van der Waals surface area contributed by atoms with E-state index in [1.807, 2.05) is 37.4 Å². The molecule has 0 bridgehead atoms. The molecule has 1 aliphatic heterocycles. The van der Waals surface area contributed by atoms with Gasteiger partial charge < -0.3 is 9.64 Å². The van der Waals surface area contributed by atoms with Gasteiger partial charge in [0.05, 0.1) is 18.4 Å². The van der Waals surface area contributed by atoms with Gasteiger partial charge in [-0.25, -0.2) is 9.97 Å². The van der Waals surface area contributed by atoms with E-state index in [1.54, 1.807) is 7.11 Å². The summed E-state index contributed by atoms with van der Waals surface area (Å²) < 4.78 is 5.08. The maximum Gasteiger partial charge on any atom is 0.316 e. The van der Waals surface area contributed by atoms with Crippen molar-refractivity contribution < 1.29 is 4.74 Å². The summed E-state index contributed by atoms with van der Waals surface area (Å²) in [6, 6.07) is 10.5. The molecular weight excluding hydrogens is 314 g/mol. The summed E-state index contributed by atoms with van der Waals surface area (Å²) in [5.41, 5.74) is 3.88. The van der Waals surface area contributed by atoms with E-state index in [4.69, 9.17) is 4.74 Å². The number of rotatable bonds is 4. The number of nitriles is 1. The van der Waals surface area contributed by atoms with Crippen molar-refractivity contribution in [1.82, 2.24) is 14.9 Å².